The lowest BCUT2D eigenvalue weighted by atomic mass is 9.97. The van der Waals surface area contributed by atoms with Crippen molar-refractivity contribution in [3.8, 4) is 0 Å². The van der Waals surface area contributed by atoms with Crippen molar-refractivity contribution < 1.29 is 4.92 Å². The molecule has 1 heterocycles. The highest BCUT2D eigenvalue weighted by atomic mass is 79.9. The Bertz CT molecular complexity index is 505. The largest absolute Gasteiger partial charge is 0.370 e. The number of nitrogens with zero attached hydrogens (tertiary/aromatic N) is 2. The molecule has 1 aliphatic heterocycles. The fourth-order valence-corrected chi connectivity index (χ4v) is 3.42. The van der Waals surface area contributed by atoms with Crippen LogP contribution in [0.25, 0.3) is 0 Å². The van der Waals surface area contributed by atoms with Crippen molar-refractivity contribution in [3.63, 3.8) is 0 Å². The molecule has 1 atom stereocenters. The maximum absolute atomic E-state index is 11.0. The summed E-state index contributed by atoms with van der Waals surface area (Å²) >= 11 is 3.48. The second-order valence-electron chi connectivity index (χ2n) is 5.36. The average molecular weight is 342 g/mol. The first kappa shape index (κ1) is 15.3. The number of benzene rings is 1. The molecular weight excluding hydrogens is 322 g/mol. The highest BCUT2D eigenvalue weighted by molar-refractivity contribution is 9.10. The highest BCUT2D eigenvalue weighted by Gasteiger charge is 2.23. The molecule has 1 saturated heterocycles. The molecule has 6 heteroatoms. The van der Waals surface area contributed by atoms with Gasteiger partial charge in [-0.3, -0.25) is 10.1 Å². The predicted molar refractivity (Wildman–Crippen MR) is 84.4 cm³/mol. The van der Waals surface area contributed by atoms with Crippen molar-refractivity contribution in [1.82, 2.24) is 5.32 Å². The molecule has 1 unspecified atom stereocenters. The molecule has 20 heavy (non-hydrogen) atoms. The van der Waals surface area contributed by atoms with Gasteiger partial charge in [0, 0.05) is 29.2 Å². The van der Waals surface area contributed by atoms with E-state index in [1.54, 1.807) is 13.0 Å². The van der Waals surface area contributed by atoms with Crippen molar-refractivity contribution in [3.05, 3.63) is 32.3 Å². The van der Waals surface area contributed by atoms with E-state index >= 15 is 0 Å². The predicted octanol–water partition coefficient (Wildman–Crippen LogP) is 3.10. The smallest absolute Gasteiger partial charge is 0.273 e. The molecule has 110 valence electrons. The van der Waals surface area contributed by atoms with E-state index in [0.29, 0.717) is 11.5 Å². The summed E-state index contributed by atoms with van der Waals surface area (Å²) in [6.07, 6.45) is 2.40. The molecule has 0 bridgehead atoms. The van der Waals surface area contributed by atoms with Gasteiger partial charge in [-0.2, -0.15) is 0 Å². The SMILES string of the molecule is CNCC1CCCN(c2cc(C)c([N+](=O)[O-])cc2Br)C1. The number of anilines is 1. The lowest BCUT2D eigenvalue weighted by Gasteiger charge is -2.35. The van der Waals surface area contributed by atoms with Crippen molar-refractivity contribution >= 4 is 27.3 Å². The molecule has 2 rings (SSSR count). The minimum atomic E-state index is -0.329. The summed E-state index contributed by atoms with van der Waals surface area (Å²) in [7, 11) is 1.98. The third-order valence-electron chi connectivity index (χ3n) is 3.81. The fraction of sp³-hybridized carbons (Fsp3) is 0.571. The Kier molecular flexibility index (Phi) is 4.99. The second kappa shape index (κ2) is 6.54. The molecular formula is C14H20BrN3O2. The summed E-state index contributed by atoms with van der Waals surface area (Å²) in [6.45, 7) is 4.82. The van der Waals surface area contributed by atoms with Gasteiger partial charge in [0.1, 0.15) is 0 Å². The van der Waals surface area contributed by atoms with Crippen LogP contribution in [0.5, 0.6) is 0 Å². The van der Waals surface area contributed by atoms with Crippen LogP contribution in [-0.2, 0) is 0 Å². The molecule has 1 N–H and O–H groups in total. The monoisotopic (exact) mass is 341 g/mol. The van der Waals surface area contributed by atoms with Gasteiger partial charge in [-0.25, -0.2) is 0 Å². The van der Waals surface area contributed by atoms with Crippen LogP contribution in [0, 0.1) is 23.0 Å². The Hall–Kier alpha value is -1.14. The summed E-state index contributed by atoms with van der Waals surface area (Å²) in [5.74, 6) is 0.635. The second-order valence-corrected chi connectivity index (χ2v) is 6.21. The van der Waals surface area contributed by atoms with E-state index in [-0.39, 0.29) is 10.6 Å². The third-order valence-corrected chi connectivity index (χ3v) is 4.45. The van der Waals surface area contributed by atoms with E-state index in [1.807, 2.05) is 13.1 Å². The van der Waals surface area contributed by atoms with E-state index in [0.717, 1.165) is 36.2 Å². The lowest BCUT2D eigenvalue weighted by Crippen LogP contribution is -2.39. The van der Waals surface area contributed by atoms with Crippen molar-refractivity contribution in [2.24, 2.45) is 5.92 Å². The molecule has 0 aliphatic carbocycles. The normalized spacial score (nSPS) is 19.1. The van der Waals surface area contributed by atoms with Crippen LogP contribution in [0.3, 0.4) is 0 Å². The molecule has 0 saturated carbocycles. The van der Waals surface area contributed by atoms with Crippen molar-refractivity contribution in [2.45, 2.75) is 19.8 Å². The van der Waals surface area contributed by atoms with E-state index < -0.39 is 0 Å². The van der Waals surface area contributed by atoms with Crippen LogP contribution in [0.1, 0.15) is 18.4 Å². The molecule has 1 fully saturated rings. The maximum Gasteiger partial charge on any atom is 0.273 e. The maximum atomic E-state index is 11.0. The fourth-order valence-electron chi connectivity index (χ4n) is 2.83. The van der Waals surface area contributed by atoms with E-state index in [9.17, 15) is 10.1 Å². The van der Waals surface area contributed by atoms with Crippen LogP contribution in [0.4, 0.5) is 11.4 Å². The van der Waals surface area contributed by atoms with Gasteiger partial charge in [0.2, 0.25) is 0 Å². The summed E-state index contributed by atoms with van der Waals surface area (Å²) in [5, 5.41) is 14.2. The molecule has 1 aromatic rings. The van der Waals surface area contributed by atoms with Gasteiger partial charge in [-0.05, 0) is 61.3 Å². The summed E-state index contributed by atoms with van der Waals surface area (Å²) in [6, 6.07) is 3.54. The summed E-state index contributed by atoms with van der Waals surface area (Å²) in [5.41, 5.74) is 1.95. The Labute approximate surface area is 127 Å². The van der Waals surface area contributed by atoms with Gasteiger partial charge in [-0.15, -0.1) is 0 Å². The molecule has 0 aromatic heterocycles. The molecule has 0 radical (unpaired) electrons. The molecule has 1 aliphatic rings. The third kappa shape index (κ3) is 3.30. The number of piperidine rings is 1. The number of nitro groups is 1. The van der Waals surface area contributed by atoms with Gasteiger partial charge < -0.3 is 10.2 Å². The number of nitro benzene ring substituents is 1. The first-order valence-electron chi connectivity index (χ1n) is 6.87. The van der Waals surface area contributed by atoms with Crippen LogP contribution < -0.4 is 10.2 Å². The van der Waals surface area contributed by atoms with Gasteiger partial charge in [0.25, 0.3) is 5.69 Å². The zero-order chi connectivity index (χ0) is 14.7. The minimum Gasteiger partial charge on any atom is -0.370 e. The molecule has 1 aromatic carbocycles. The van der Waals surface area contributed by atoms with Crippen LogP contribution in [0.2, 0.25) is 0 Å². The topological polar surface area (TPSA) is 58.4 Å². The number of hydrogen-bond acceptors (Lipinski definition) is 4. The van der Waals surface area contributed by atoms with E-state index in [4.69, 9.17) is 0 Å². The van der Waals surface area contributed by atoms with E-state index in [2.05, 4.69) is 26.1 Å². The zero-order valence-corrected chi connectivity index (χ0v) is 13.4. The standard InChI is InChI=1S/C14H20BrN3O2/c1-10-6-14(12(15)7-13(10)18(19)20)17-5-3-4-11(9-17)8-16-2/h6-7,11,16H,3-5,8-9H2,1-2H3. The average Bonchev–Trinajstić information content (AvgIpc) is 2.41. The summed E-state index contributed by atoms with van der Waals surface area (Å²) < 4.78 is 0.805. The first-order chi connectivity index (χ1) is 9.52. The number of nitrogens with one attached hydrogen (secondary N) is 1. The van der Waals surface area contributed by atoms with Crippen LogP contribution >= 0.6 is 15.9 Å². The quantitative estimate of drug-likeness (QED) is 0.675. The number of hydrogen-bond donors (Lipinski definition) is 1. The molecule has 5 nitrogen and oxygen atoms in total. The summed E-state index contributed by atoms with van der Waals surface area (Å²) in [4.78, 5) is 13.0. The van der Waals surface area contributed by atoms with Gasteiger partial charge in [0.05, 0.1) is 10.6 Å². The lowest BCUT2D eigenvalue weighted by molar-refractivity contribution is -0.385. The van der Waals surface area contributed by atoms with Crippen molar-refractivity contribution in [1.29, 1.82) is 0 Å². The van der Waals surface area contributed by atoms with Gasteiger partial charge in [0.15, 0.2) is 0 Å². The number of rotatable bonds is 4. The Balaban J connectivity index is 2.24. The highest BCUT2D eigenvalue weighted by Crippen LogP contribution is 2.35. The Morgan fingerprint density at radius 1 is 1.55 bits per heavy atom. The Morgan fingerprint density at radius 3 is 2.95 bits per heavy atom. The number of halogens is 1. The zero-order valence-electron chi connectivity index (χ0n) is 11.9. The van der Waals surface area contributed by atoms with Gasteiger partial charge in [-0.1, -0.05) is 0 Å². The van der Waals surface area contributed by atoms with Crippen LogP contribution in [0.15, 0.2) is 16.6 Å². The van der Waals surface area contributed by atoms with E-state index in [1.165, 1.54) is 6.42 Å². The minimum absolute atomic E-state index is 0.171. The first-order valence-corrected chi connectivity index (χ1v) is 7.66. The number of aryl methyl sites for hydroxylation is 1. The Morgan fingerprint density at radius 2 is 2.30 bits per heavy atom. The molecule has 0 spiro atoms. The van der Waals surface area contributed by atoms with Crippen LogP contribution in [-0.4, -0.2) is 31.6 Å². The molecule has 0 amide bonds. The van der Waals surface area contributed by atoms with Gasteiger partial charge >= 0.3 is 0 Å². The van der Waals surface area contributed by atoms with Crippen molar-refractivity contribution in [2.75, 3.05) is 31.6 Å².